The maximum absolute atomic E-state index is 12.5. The van der Waals surface area contributed by atoms with E-state index in [2.05, 4.69) is 16.9 Å². The van der Waals surface area contributed by atoms with E-state index in [0.29, 0.717) is 24.2 Å². The first-order valence-electron chi connectivity index (χ1n) is 13.9. The molecule has 4 nitrogen and oxygen atoms in total. The summed E-state index contributed by atoms with van der Waals surface area (Å²) in [6.07, 6.45) is 10.6. The van der Waals surface area contributed by atoms with Gasteiger partial charge in [-0.05, 0) is 43.2 Å². The van der Waals surface area contributed by atoms with Crippen LogP contribution in [0.3, 0.4) is 0 Å². The van der Waals surface area contributed by atoms with Crippen molar-refractivity contribution in [3.05, 3.63) is 36.7 Å². The van der Waals surface area contributed by atoms with Crippen LogP contribution in [0.5, 0.6) is 11.5 Å². The number of hydrogen-bond donors (Lipinski definition) is 0. The van der Waals surface area contributed by atoms with Crippen LogP contribution in [0.1, 0.15) is 77.6 Å². The van der Waals surface area contributed by atoms with E-state index >= 15 is 0 Å². The molecule has 1 aromatic carbocycles. The van der Waals surface area contributed by atoms with E-state index in [1.165, 1.54) is 44.9 Å². The number of alkyl halides is 3. The van der Waals surface area contributed by atoms with Gasteiger partial charge in [0, 0.05) is 20.1 Å². The lowest BCUT2D eigenvalue weighted by Gasteiger charge is -2.23. The summed E-state index contributed by atoms with van der Waals surface area (Å²) >= 11 is 0. The Morgan fingerprint density at radius 2 is 1.24 bits per heavy atom. The van der Waals surface area contributed by atoms with Gasteiger partial charge in [0.15, 0.2) is 11.6 Å². The Balaban J connectivity index is 1.62. The molecule has 0 unspecified atom stereocenters. The van der Waals surface area contributed by atoms with Crippen LogP contribution in [0.15, 0.2) is 36.7 Å². The van der Waals surface area contributed by atoms with E-state index in [9.17, 15) is 13.2 Å². The molecule has 0 atom stereocenters. The SMILES string of the molecule is CCCCCCCCCCOc1ccc(-c2ncc(OCCCC[Si](C)(C)CCC(F)(F)F)cn2)cc1. The highest BCUT2D eigenvalue weighted by atomic mass is 28.3. The van der Waals surface area contributed by atoms with Gasteiger partial charge >= 0.3 is 6.18 Å². The summed E-state index contributed by atoms with van der Waals surface area (Å²) in [5, 5.41) is 0. The van der Waals surface area contributed by atoms with Gasteiger partial charge < -0.3 is 9.47 Å². The van der Waals surface area contributed by atoms with Crippen LogP contribution >= 0.6 is 0 Å². The number of unbranched alkanes of at least 4 members (excludes halogenated alkanes) is 8. The molecular formula is C29H45F3N2O2Si. The Hall–Kier alpha value is -2.09. The Kier molecular flexibility index (Phi) is 14.0. The summed E-state index contributed by atoms with van der Waals surface area (Å²) in [4.78, 5) is 8.82. The molecule has 0 aliphatic heterocycles. The first kappa shape index (κ1) is 31.1. The first-order chi connectivity index (χ1) is 17.7. The molecule has 2 rings (SSSR count). The van der Waals surface area contributed by atoms with Crippen molar-refractivity contribution in [1.29, 1.82) is 0 Å². The maximum Gasteiger partial charge on any atom is 0.388 e. The molecule has 1 heterocycles. The average Bonchev–Trinajstić information content (AvgIpc) is 2.87. The van der Waals surface area contributed by atoms with Crippen molar-refractivity contribution >= 4 is 8.07 Å². The fourth-order valence-corrected chi connectivity index (χ4v) is 6.58. The minimum absolute atomic E-state index is 0.291. The number of benzene rings is 1. The van der Waals surface area contributed by atoms with Gasteiger partial charge in [-0.15, -0.1) is 0 Å². The smallest absolute Gasteiger partial charge is 0.388 e. The van der Waals surface area contributed by atoms with Crippen molar-refractivity contribution in [3.63, 3.8) is 0 Å². The van der Waals surface area contributed by atoms with Gasteiger partial charge in [-0.3, -0.25) is 0 Å². The molecule has 0 radical (unpaired) electrons. The number of nitrogens with zero attached hydrogens (tertiary/aromatic N) is 2. The first-order valence-corrected chi connectivity index (χ1v) is 17.3. The highest BCUT2D eigenvalue weighted by molar-refractivity contribution is 6.77. The molecular weight excluding hydrogens is 493 g/mol. The number of rotatable bonds is 19. The molecule has 0 N–H and O–H groups in total. The van der Waals surface area contributed by atoms with E-state index in [0.717, 1.165) is 43.2 Å². The van der Waals surface area contributed by atoms with Gasteiger partial charge in [-0.1, -0.05) is 77.4 Å². The quantitative estimate of drug-likeness (QED) is 0.132. The molecule has 8 heteroatoms. The molecule has 0 fully saturated rings. The van der Waals surface area contributed by atoms with E-state index < -0.39 is 20.7 Å². The molecule has 0 amide bonds. The predicted octanol–water partition coefficient (Wildman–Crippen LogP) is 9.48. The third kappa shape index (κ3) is 14.4. The summed E-state index contributed by atoms with van der Waals surface area (Å²) in [6, 6.07) is 8.99. The molecule has 2 aromatic rings. The topological polar surface area (TPSA) is 44.2 Å². The zero-order chi connectivity index (χ0) is 27.0. The monoisotopic (exact) mass is 538 g/mol. The third-order valence-electron chi connectivity index (χ3n) is 6.61. The fourth-order valence-electron chi connectivity index (χ4n) is 4.17. The number of ether oxygens (including phenoxy) is 2. The lowest BCUT2D eigenvalue weighted by molar-refractivity contribution is -0.130. The number of hydrogen-bond acceptors (Lipinski definition) is 4. The standard InChI is InChI=1S/C29H45F3N2O2Si/c1-4-5-6-7-8-9-10-11-19-35-26-16-14-25(15-17-26)28-33-23-27(24-34-28)36-20-12-13-21-37(2,3)22-18-29(30,31)32/h14-17,23-24H,4-13,18-22H2,1-3H3. The summed E-state index contributed by atoms with van der Waals surface area (Å²) in [5.41, 5.74) is 0.914. The summed E-state index contributed by atoms with van der Waals surface area (Å²) in [7, 11) is -1.82. The van der Waals surface area contributed by atoms with Crippen LogP contribution in [0.25, 0.3) is 11.4 Å². The van der Waals surface area contributed by atoms with Crippen molar-refractivity contribution in [1.82, 2.24) is 9.97 Å². The van der Waals surface area contributed by atoms with Crippen LogP contribution < -0.4 is 9.47 Å². The summed E-state index contributed by atoms with van der Waals surface area (Å²) in [5.74, 6) is 2.08. The van der Waals surface area contributed by atoms with Crippen LogP contribution in [-0.4, -0.2) is 37.4 Å². The Morgan fingerprint density at radius 3 is 1.84 bits per heavy atom. The normalized spacial score (nSPS) is 12.1. The van der Waals surface area contributed by atoms with Crippen molar-refractivity contribution in [2.24, 2.45) is 0 Å². The average molecular weight is 539 g/mol. The second-order valence-electron chi connectivity index (χ2n) is 10.7. The van der Waals surface area contributed by atoms with Crippen molar-refractivity contribution < 1.29 is 22.6 Å². The van der Waals surface area contributed by atoms with E-state index in [1.54, 1.807) is 12.4 Å². The minimum Gasteiger partial charge on any atom is -0.494 e. The highest BCUT2D eigenvalue weighted by Gasteiger charge is 2.31. The molecule has 0 saturated heterocycles. The second-order valence-corrected chi connectivity index (χ2v) is 16.0. The van der Waals surface area contributed by atoms with Gasteiger partial charge in [-0.2, -0.15) is 13.2 Å². The van der Waals surface area contributed by atoms with Crippen LogP contribution in [0, 0.1) is 0 Å². The molecule has 0 aliphatic carbocycles. The van der Waals surface area contributed by atoms with E-state index in [1.807, 2.05) is 37.4 Å². The molecule has 0 saturated carbocycles. The largest absolute Gasteiger partial charge is 0.494 e. The lowest BCUT2D eigenvalue weighted by Crippen LogP contribution is -2.27. The van der Waals surface area contributed by atoms with Gasteiger partial charge in [0.2, 0.25) is 0 Å². The van der Waals surface area contributed by atoms with Gasteiger partial charge in [0.1, 0.15) is 5.75 Å². The van der Waals surface area contributed by atoms with Gasteiger partial charge in [0.05, 0.1) is 25.6 Å². The molecule has 1 aromatic heterocycles. The molecule has 0 spiro atoms. The van der Waals surface area contributed by atoms with Crippen molar-refractivity contribution in [3.8, 4) is 22.9 Å². The van der Waals surface area contributed by atoms with Crippen molar-refractivity contribution in [2.75, 3.05) is 13.2 Å². The fraction of sp³-hybridized carbons (Fsp3) is 0.655. The third-order valence-corrected chi connectivity index (χ3v) is 9.92. The molecule has 37 heavy (non-hydrogen) atoms. The van der Waals surface area contributed by atoms with E-state index in [-0.39, 0.29) is 0 Å². The summed E-state index contributed by atoms with van der Waals surface area (Å²) in [6.45, 7) is 7.56. The zero-order valence-electron chi connectivity index (χ0n) is 22.9. The predicted molar refractivity (Wildman–Crippen MR) is 148 cm³/mol. The van der Waals surface area contributed by atoms with Gasteiger partial charge in [-0.25, -0.2) is 9.97 Å². The molecule has 208 valence electrons. The number of halogens is 3. The molecule has 0 aliphatic rings. The van der Waals surface area contributed by atoms with Crippen LogP contribution in [-0.2, 0) is 0 Å². The Morgan fingerprint density at radius 1 is 0.703 bits per heavy atom. The Bertz CT molecular complexity index is 859. The van der Waals surface area contributed by atoms with Crippen LogP contribution in [0.4, 0.5) is 13.2 Å². The maximum atomic E-state index is 12.5. The highest BCUT2D eigenvalue weighted by Crippen LogP contribution is 2.29. The second kappa shape index (κ2) is 16.7. The minimum atomic E-state index is -4.05. The summed E-state index contributed by atoms with van der Waals surface area (Å²) < 4.78 is 49.0. The van der Waals surface area contributed by atoms with Gasteiger partial charge in [0.25, 0.3) is 0 Å². The van der Waals surface area contributed by atoms with Crippen LogP contribution in [0.2, 0.25) is 25.2 Å². The molecule has 0 bridgehead atoms. The van der Waals surface area contributed by atoms with E-state index in [4.69, 9.17) is 9.47 Å². The Labute approximate surface area is 222 Å². The lowest BCUT2D eigenvalue weighted by atomic mass is 10.1. The number of aromatic nitrogens is 2. The zero-order valence-corrected chi connectivity index (χ0v) is 23.9. The van der Waals surface area contributed by atoms with Crippen molar-refractivity contribution in [2.45, 2.75) is 109 Å².